The van der Waals surface area contributed by atoms with Gasteiger partial charge in [-0.3, -0.25) is 0 Å². The number of ether oxygens (including phenoxy) is 2. The zero-order chi connectivity index (χ0) is 20.1. The molecule has 1 aliphatic carbocycles. The van der Waals surface area contributed by atoms with E-state index >= 15 is 0 Å². The molecule has 0 amide bonds. The Morgan fingerprint density at radius 1 is 1.38 bits per heavy atom. The number of aromatic nitrogens is 4. The average molecular weight is 397 g/mol. The van der Waals surface area contributed by atoms with Crippen LogP contribution >= 0.6 is 0 Å². The van der Waals surface area contributed by atoms with E-state index < -0.39 is 11.8 Å². The first-order valence-corrected chi connectivity index (χ1v) is 9.58. The predicted molar refractivity (Wildman–Crippen MR) is 101 cm³/mol. The minimum atomic E-state index is -0.455. The molecule has 0 bridgehead atoms. The van der Waals surface area contributed by atoms with Gasteiger partial charge in [-0.1, -0.05) is 0 Å². The lowest BCUT2D eigenvalue weighted by Crippen LogP contribution is -2.28. The highest BCUT2D eigenvalue weighted by molar-refractivity contribution is 5.95. The molecule has 3 aromatic rings. The summed E-state index contributed by atoms with van der Waals surface area (Å²) in [6, 6.07) is 3.26. The third-order valence-electron chi connectivity index (χ3n) is 5.65. The number of carbonyl (C=O) groups excluding carboxylic acids is 1. The Labute approximate surface area is 166 Å². The molecule has 5 rings (SSSR count). The molecule has 3 atom stereocenters. The fraction of sp³-hybridized carbons (Fsp3) is 0.400. The van der Waals surface area contributed by atoms with Crippen molar-refractivity contribution in [2.75, 3.05) is 25.2 Å². The molecule has 0 aromatic carbocycles. The Bertz CT molecular complexity index is 1100. The van der Waals surface area contributed by atoms with Crippen molar-refractivity contribution in [1.29, 1.82) is 0 Å². The van der Waals surface area contributed by atoms with Gasteiger partial charge in [-0.15, -0.1) is 0 Å². The van der Waals surface area contributed by atoms with Crippen LogP contribution in [0.25, 0.3) is 5.65 Å². The van der Waals surface area contributed by atoms with Crippen LogP contribution in [0, 0.1) is 17.7 Å². The number of esters is 1. The monoisotopic (exact) mass is 397 g/mol. The second-order valence-corrected chi connectivity index (χ2v) is 7.34. The average Bonchev–Trinajstić information content (AvgIpc) is 3.19. The molecule has 3 aromatic heterocycles. The van der Waals surface area contributed by atoms with Crippen LogP contribution in [0.5, 0.6) is 5.88 Å². The number of piperidine rings is 1. The van der Waals surface area contributed by atoms with Gasteiger partial charge >= 0.3 is 5.97 Å². The van der Waals surface area contributed by atoms with Gasteiger partial charge in [0.25, 0.3) is 0 Å². The summed E-state index contributed by atoms with van der Waals surface area (Å²) < 4.78 is 26.0. The summed E-state index contributed by atoms with van der Waals surface area (Å²) in [5.74, 6) is 1.21. The number of rotatable bonds is 5. The second-order valence-electron chi connectivity index (χ2n) is 7.34. The van der Waals surface area contributed by atoms with Crippen molar-refractivity contribution in [3.8, 4) is 5.88 Å². The number of methoxy groups -OCH3 is 1. The van der Waals surface area contributed by atoms with Gasteiger partial charge in [0.15, 0.2) is 5.65 Å². The summed E-state index contributed by atoms with van der Waals surface area (Å²) in [5, 5.41) is 4.18. The zero-order valence-electron chi connectivity index (χ0n) is 16.1. The van der Waals surface area contributed by atoms with Crippen LogP contribution in [0.2, 0.25) is 0 Å². The van der Waals surface area contributed by atoms with E-state index in [0.29, 0.717) is 34.7 Å². The van der Waals surface area contributed by atoms with Crippen molar-refractivity contribution < 1.29 is 18.7 Å². The van der Waals surface area contributed by atoms with E-state index in [-0.39, 0.29) is 12.6 Å². The van der Waals surface area contributed by atoms with Crippen LogP contribution < -0.4 is 9.64 Å². The molecule has 2 fully saturated rings. The maximum absolute atomic E-state index is 14.0. The van der Waals surface area contributed by atoms with E-state index in [1.807, 2.05) is 6.07 Å². The van der Waals surface area contributed by atoms with Gasteiger partial charge in [0.1, 0.15) is 17.2 Å². The summed E-state index contributed by atoms with van der Waals surface area (Å²) in [7, 11) is 1.54. The molecule has 2 aliphatic rings. The standard InChI is InChI=1S/C20H20FN5O3/c1-3-29-20(27)15-9-23-26-5-4-16(24-18(15)26)25-10-11-6-13(11)17(25)14-7-12(21)8-22-19(14)28-2/h4-5,7-9,11,13,17H,3,6,10H2,1-2H3. The van der Waals surface area contributed by atoms with E-state index in [4.69, 9.17) is 14.5 Å². The number of hydrogen-bond acceptors (Lipinski definition) is 7. The van der Waals surface area contributed by atoms with Crippen molar-refractivity contribution in [2.24, 2.45) is 11.8 Å². The number of hydrogen-bond donors (Lipinski definition) is 0. The lowest BCUT2D eigenvalue weighted by Gasteiger charge is -2.29. The zero-order valence-corrected chi connectivity index (χ0v) is 16.1. The molecule has 29 heavy (non-hydrogen) atoms. The van der Waals surface area contributed by atoms with Gasteiger partial charge in [0.05, 0.1) is 32.2 Å². The summed E-state index contributed by atoms with van der Waals surface area (Å²) in [6.07, 6.45) is 5.48. The first-order chi connectivity index (χ1) is 14.1. The van der Waals surface area contributed by atoms with Gasteiger partial charge < -0.3 is 14.4 Å². The Kier molecular flexibility index (Phi) is 4.11. The fourth-order valence-electron chi connectivity index (χ4n) is 4.30. The smallest absolute Gasteiger partial charge is 0.343 e. The third kappa shape index (κ3) is 2.88. The highest BCUT2D eigenvalue weighted by atomic mass is 19.1. The highest BCUT2D eigenvalue weighted by Crippen LogP contribution is 2.58. The minimum absolute atomic E-state index is 0.0814. The van der Waals surface area contributed by atoms with E-state index in [1.165, 1.54) is 19.4 Å². The van der Waals surface area contributed by atoms with Crippen LogP contribution in [0.3, 0.4) is 0 Å². The largest absolute Gasteiger partial charge is 0.481 e. The lowest BCUT2D eigenvalue weighted by atomic mass is 10.0. The molecule has 9 heteroatoms. The summed E-state index contributed by atoms with van der Waals surface area (Å²) in [5.41, 5.74) is 1.47. The number of anilines is 1. The van der Waals surface area contributed by atoms with Crippen LogP contribution in [-0.4, -0.2) is 45.8 Å². The topological polar surface area (TPSA) is 81.8 Å². The number of carbonyl (C=O) groups is 1. The normalized spacial score (nSPS) is 22.6. The van der Waals surface area contributed by atoms with Crippen LogP contribution in [-0.2, 0) is 4.74 Å². The van der Waals surface area contributed by atoms with Crippen LogP contribution in [0.15, 0.2) is 30.7 Å². The molecule has 0 radical (unpaired) electrons. The quantitative estimate of drug-likeness (QED) is 0.612. The number of fused-ring (bicyclic) bond motifs is 2. The van der Waals surface area contributed by atoms with Gasteiger partial charge in [0.2, 0.25) is 5.88 Å². The number of nitrogens with zero attached hydrogens (tertiary/aromatic N) is 5. The molecule has 1 saturated heterocycles. The Morgan fingerprint density at radius 3 is 3.03 bits per heavy atom. The first-order valence-electron chi connectivity index (χ1n) is 9.58. The summed E-state index contributed by atoms with van der Waals surface area (Å²) in [6.45, 7) is 2.84. The maximum Gasteiger partial charge on any atom is 0.343 e. The highest BCUT2D eigenvalue weighted by Gasteiger charge is 2.54. The van der Waals surface area contributed by atoms with Crippen LogP contribution in [0.4, 0.5) is 10.2 Å². The minimum Gasteiger partial charge on any atom is -0.481 e. The number of halogens is 1. The fourth-order valence-corrected chi connectivity index (χ4v) is 4.30. The molecule has 8 nitrogen and oxygen atoms in total. The van der Waals surface area contributed by atoms with Gasteiger partial charge in [0, 0.05) is 18.3 Å². The molecule has 150 valence electrons. The molecule has 1 saturated carbocycles. The van der Waals surface area contributed by atoms with Crippen LogP contribution in [0.1, 0.15) is 35.3 Å². The van der Waals surface area contributed by atoms with Crippen molar-refractivity contribution in [1.82, 2.24) is 19.6 Å². The van der Waals surface area contributed by atoms with Crippen molar-refractivity contribution in [2.45, 2.75) is 19.4 Å². The Morgan fingerprint density at radius 2 is 2.24 bits per heavy atom. The SMILES string of the molecule is CCOC(=O)c1cnn2ccc(N3CC4CC4C3c3cc(F)cnc3OC)nc12. The van der Waals surface area contributed by atoms with Gasteiger partial charge in [-0.05, 0) is 37.3 Å². The first kappa shape index (κ1) is 17.8. The van der Waals surface area contributed by atoms with Gasteiger partial charge in [-0.2, -0.15) is 5.10 Å². The van der Waals surface area contributed by atoms with E-state index in [2.05, 4.69) is 15.0 Å². The number of pyridine rings is 1. The Balaban J connectivity index is 1.56. The molecule has 4 heterocycles. The van der Waals surface area contributed by atoms with Crippen molar-refractivity contribution >= 4 is 17.4 Å². The van der Waals surface area contributed by atoms with Crippen molar-refractivity contribution in [3.63, 3.8) is 0 Å². The maximum atomic E-state index is 14.0. The van der Waals surface area contributed by atoms with E-state index in [1.54, 1.807) is 17.6 Å². The molecule has 1 aliphatic heterocycles. The summed E-state index contributed by atoms with van der Waals surface area (Å²) in [4.78, 5) is 23.2. The predicted octanol–water partition coefficient (Wildman–Crippen LogP) is 2.65. The van der Waals surface area contributed by atoms with E-state index in [9.17, 15) is 9.18 Å². The molecular formula is C20H20FN5O3. The van der Waals surface area contributed by atoms with E-state index in [0.717, 1.165) is 24.7 Å². The van der Waals surface area contributed by atoms with Crippen molar-refractivity contribution in [3.05, 3.63) is 47.7 Å². The molecule has 3 unspecified atom stereocenters. The molecule has 0 spiro atoms. The molecule has 0 N–H and O–H groups in total. The molecular weight excluding hydrogens is 377 g/mol. The lowest BCUT2D eigenvalue weighted by molar-refractivity contribution is 0.0528. The summed E-state index contributed by atoms with van der Waals surface area (Å²) >= 11 is 0. The Hall–Kier alpha value is -3.23. The third-order valence-corrected chi connectivity index (χ3v) is 5.65. The van der Waals surface area contributed by atoms with Gasteiger partial charge in [-0.25, -0.2) is 23.7 Å². The second kappa shape index (κ2) is 6.68.